The Balaban J connectivity index is 2.19. The Bertz CT molecular complexity index is 441. The van der Waals surface area contributed by atoms with Crippen LogP contribution in [0.3, 0.4) is 0 Å². The summed E-state index contributed by atoms with van der Waals surface area (Å²) in [6.45, 7) is 0.651. The molecule has 1 aliphatic heterocycles. The van der Waals surface area contributed by atoms with Crippen molar-refractivity contribution in [1.82, 2.24) is 5.01 Å². The van der Waals surface area contributed by atoms with E-state index in [9.17, 15) is 9.90 Å². The average Bonchev–Trinajstić information content (AvgIpc) is 2.65. The highest BCUT2D eigenvalue weighted by molar-refractivity contribution is 7.82. The molecule has 1 atom stereocenters. The molecule has 4 nitrogen and oxygen atoms in total. The molecule has 0 aliphatic carbocycles. The molecule has 1 aromatic rings. The Kier molecular flexibility index (Phi) is 3.56. The zero-order chi connectivity index (χ0) is 12.5. The molecule has 17 heavy (non-hydrogen) atoms. The number of hydrazine groups is 1. The molecule has 1 aliphatic rings. The van der Waals surface area contributed by atoms with Gasteiger partial charge in [-0.2, -0.15) is 5.01 Å². The van der Waals surface area contributed by atoms with Crippen molar-refractivity contribution in [2.24, 2.45) is 0 Å². The van der Waals surface area contributed by atoms with Crippen LogP contribution in [0, 0.1) is 0 Å². The van der Waals surface area contributed by atoms with Crippen LogP contribution in [0.5, 0.6) is 0 Å². The molecular weight excluding hydrogens is 256 g/mol. The largest absolute Gasteiger partial charge is 0.479 e. The van der Waals surface area contributed by atoms with E-state index in [1.165, 1.54) is 0 Å². The molecule has 0 unspecified atom stereocenters. The number of aliphatic carboxylic acids is 1. The van der Waals surface area contributed by atoms with Crippen molar-refractivity contribution in [2.75, 3.05) is 12.0 Å². The number of hydrogen-bond acceptors (Lipinski definition) is 5. The number of carboxylic acid groups (broad SMARTS) is 1. The first-order valence-corrected chi connectivity index (χ1v) is 6.21. The van der Waals surface area contributed by atoms with Gasteiger partial charge in [-0.05, 0) is 25.0 Å². The maximum absolute atomic E-state index is 11.2. The third kappa shape index (κ3) is 2.38. The van der Waals surface area contributed by atoms with E-state index in [-0.39, 0.29) is 0 Å². The number of carboxylic acids is 1. The molecule has 0 amide bonds. The molecule has 0 bridgehead atoms. The van der Waals surface area contributed by atoms with Gasteiger partial charge in [-0.25, -0.2) is 4.79 Å². The summed E-state index contributed by atoms with van der Waals surface area (Å²) in [6, 6.07) is 7.46. The molecule has 92 valence electrons. The zero-order valence-electron chi connectivity index (χ0n) is 9.13. The Labute approximate surface area is 111 Å². The van der Waals surface area contributed by atoms with Crippen molar-refractivity contribution >= 4 is 36.9 Å². The number of thiol groups is 2. The van der Waals surface area contributed by atoms with E-state index in [0.717, 1.165) is 17.0 Å². The van der Waals surface area contributed by atoms with Crippen molar-refractivity contribution in [3.8, 4) is 0 Å². The molecule has 0 radical (unpaired) electrons. The Morgan fingerprint density at radius 2 is 2.18 bits per heavy atom. The van der Waals surface area contributed by atoms with Gasteiger partial charge in [-0.1, -0.05) is 12.1 Å². The summed E-state index contributed by atoms with van der Waals surface area (Å²) in [5.41, 5.74) is 3.87. The second-order valence-electron chi connectivity index (χ2n) is 4.01. The lowest BCUT2D eigenvalue weighted by atomic mass is 10.2. The van der Waals surface area contributed by atoms with Crippen molar-refractivity contribution < 1.29 is 9.90 Å². The number of para-hydroxylation sites is 1. The number of hydrogen-bond donors (Lipinski definition) is 4. The Morgan fingerprint density at radius 1 is 1.47 bits per heavy atom. The molecule has 1 aromatic carbocycles. The lowest BCUT2D eigenvalue weighted by molar-refractivity contribution is -0.143. The van der Waals surface area contributed by atoms with Gasteiger partial charge in [0.1, 0.15) is 0 Å². The first-order valence-electron chi connectivity index (χ1n) is 5.32. The van der Waals surface area contributed by atoms with Gasteiger partial charge < -0.3 is 10.5 Å². The Hall–Kier alpha value is -0.850. The van der Waals surface area contributed by atoms with Crippen LogP contribution in [0.4, 0.5) is 5.69 Å². The van der Waals surface area contributed by atoms with Crippen LogP contribution in [0.2, 0.25) is 0 Å². The van der Waals surface area contributed by atoms with Crippen molar-refractivity contribution in [3.05, 3.63) is 24.3 Å². The third-order valence-corrected chi connectivity index (χ3v) is 3.90. The quantitative estimate of drug-likeness (QED) is 0.636. The SMILES string of the molecule is O=C(O)[C@]1(S)CCCN1Nc1ccccc1S. The van der Waals surface area contributed by atoms with Gasteiger partial charge in [0.05, 0.1) is 5.69 Å². The van der Waals surface area contributed by atoms with E-state index >= 15 is 0 Å². The van der Waals surface area contributed by atoms with Gasteiger partial charge >= 0.3 is 5.97 Å². The predicted molar refractivity (Wildman–Crippen MR) is 72.6 cm³/mol. The highest BCUT2D eigenvalue weighted by Gasteiger charge is 2.45. The molecule has 0 saturated carbocycles. The molecule has 6 heteroatoms. The molecule has 1 heterocycles. The fraction of sp³-hybridized carbons (Fsp3) is 0.364. The maximum Gasteiger partial charge on any atom is 0.336 e. The highest BCUT2D eigenvalue weighted by Crippen LogP contribution is 2.34. The second kappa shape index (κ2) is 4.80. The van der Waals surface area contributed by atoms with Crippen LogP contribution in [0.15, 0.2) is 29.2 Å². The molecular formula is C11H14N2O2S2. The van der Waals surface area contributed by atoms with Gasteiger partial charge in [0.15, 0.2) is 4.87 Å². The van der Waals surface area contributed by atoms with Crippen LogP contribution in [0.1, 0.15) is 12.8 Å². The zero-order valence-corrected chi connectivity index (χ0v) is 10.9. The fourth-order valence-corrected chi connectivity index (χ4v) is 2.41. The summed E-state index contributed by atoms with van der Waals surface area (Å²) in [5, 5.41) is 10.9. The molecule has 1 fully saturated rings. The van der Waals surface area contributed by atoms with Crippen molar-refractivity contribution in [1.29, 1.82) is 0 Å². The molecule has 2 N–H and O–H groups in total. The van der Waals surface area contributed by atoms with Crippen LogP contribution < -0.4 is 5.43 Å². The Morgan fingerprint density at radius 3 is 2.82 bits per heavy atom. The van der Waals surface area contributed by atoms with Gasteiger partial charge in [0.2, 0.25) is 0 Å². The minimum absolute atomic E-state index is 0.521. The van der Waals surface area contributed by atoms with E-state index in [1.54, 1.807) is 5.01 Å². The lowest BCUT2D eigenvalue weighted by Crippen LogP contribution is -2.48. The normalized spacial score (nSPS) is 24.8. The van der Waals surface area contributed by atoms with E-state index in [1.807, 2.05) is 24.3 Å². The van der Waals surface area contributed by atoms with Crippen LogP contribution >= 0.6 is 25.3 Å². The molecule has 1 saturated heterocycles. The first kappa shape index (κ1) is 12.6. The number of nitrogens with one attached hydrogen (secondary N) is 1. The smallest absolute Gasteiger partial charge is 0.336 e. The summed E-state index contributed by atoms with van der Waals surface area (Å²) in [4.78, 5) is 10.9. The minimum Gasteiger partial charge on any atom is -0.479 e. The third-order valence-electron chi connectivity index (χ3n) is 2.86. The molecule has 2 rings (SSSR count). The van der Waals surface area contributed by atoms with Gasteiger partial charge in [0, 0.05) is 11.4 Å². The summed E-state index contributed by atoms with van der Waals surface area (Å²) in [6.07, 6.45) is 1.32. The summed E-state index contributed by atoms with van der Waals surface area (Å²) < 4.78 is 0. The van der Waals surface area contributed by atoms with E-state index in [0.29, 0.717) is 13.0 Å². The topological polar surface area (TPSA) is 52.6 Å². The van der Waals surface area contributed by atoms with E-state index < -0.39 is 10.8 Å². The summed E-state index contributed by atoms with van der Waals surface area (Å²) in [7, 11) is 0. The maximum atomic E-state index is 11.2. The van der Waals surface area contributed by atoms with Gasteiger partial charge in [-0.3, -0.25) is 0 Å². The monoisotopic (exact) mass is 270 g/mol. The second-order valence-corrected chi connectivity index (χ2v) is 5.23. The van der Waals surface area contributed by atoms with E-state index in [4.69, 9.17) is 0 Å². The van der Waals surface area contributed by atoms with Crippen LogP contribution in [-0.4, -0.2) is 27.5 Å². The highest BCUT2D eigenvalue weighted by atomic mass is 32.1. The van der Waals surface area contributed by atoms with Crippen LogP contribution in [0.25, 0.3) is 0 Å². The summed E-state index contributed by atoms with van der Waals surface area (Å²) in [5.74, 6) is -0.928. The summed E-state index contributed by atoms with van der Waals surface area (Å²) >= 11 is 8.59. The van der Waals surface area contributed by atoms with Gasteiger partial charge in [-0.15, -0.1) is 25.3 Å². The fourth-order valence-electron chi connectivity index (χ4n) is 1.89. The number of carbonyl (C=O) groups is 1. The van der Waals surface area contributed by atoms with Gasteiger partial charge in [0.25, 0.3) is 0 Å². The molecule has 0 spiro atoms. The molecule has 0 aromatic heterocycles. The van der Waals surface area contributed by atoms with Crippen LogP contribution in [-0.2, 0) is 4.79 Å². The standard InChI is InChI=1S/C11H14N2O2S2/c14-10(15)11(17)6-3-7-13(11)12-8-4-1-2-5-9(8)16/h1-2,4-5,12,16-17H,3,6-7H2,(H,14,15)/t11-/m1/s1. The number of rotatable bonds is 3. The predicted octanol–water partition coefficient (Wildman–Crippen LogP) is 2.11. The van der Waals surface area contributed by atoms with Crippen molar-refractivity contribution in [2.45, 2.75) is 22.6 Å². The van der Waals surface area contributed by atoms with Crippen molar-refractivity contribution in [3.63, 3.8) is 0 Å². The number of benzene rings is 1. The minimum atomic E-state index is -1.14. The number of anilines is 1. The first-order chi connectivity index (χ1) is 8.04. The number of nitrogens with zero attached hydrogens (tertiary/aromatic N) is 1. The van der Waals surface area contributed by atoms with E-state index in [2.05, 4.69) is 30.7 Å². The average molecular weight is 270 g/mol. The lowest BCUT2D eigenvalue weighted by Gasteiger charge is -2.31.